The van der Waals surface area contributed by atoms with Crippen molar-refractivity contribution in [3.8, 4) is 0 Å². The van der Waals surface area contributed by atoms with Crippen LogP contribution in [-0.2, 0) is 30.5 Å². The smallest absolute Gasteiger partial charge is 0.329 e. The molecule has 1 aromatic carbocycles. The fourth-order valence-corrected chi connectivity index (χ4v) is 3.78. The topological polar surface area (TPSA) is 92.8 Å². The molecule has 2 aliphatic rings. The molecule has 0 bridgehead atoms. The fourth-order valence-electron chi connectivity index (χ4n) is 3.78. The lowest BCUT2D eigenvalue weighted by Crippen LogP contribution is -2.45. The van der Waals surface area contributed by atoms with Crippen molar-refractivity contribution in [1.29, 1.82) is 0 Å². The molecule has 1 heterocycles. The molecule has 0 radical (unpaired) electrons. The molecule has 27 heavy (non-hydrogen) atoms. The zero-order valence-corrected chi connectivity index (χ0v) is 15.3. The van der Waals surface area contributed by atoms with Crippen LogP contribution in [0.1, 0.15) is 38.2 Å². The number of imide groups is 1. The maximum atomic E-state index is 12.5. The molecule has 2 fully saturated rings. The third-order valence-corrected chi connectivity index (χ3v) is 5.28. The molecule has 1 saturated heterocycles. The monoisotopic (exact) mass is 372 g/mol. The maximum absolute atomic E-state index is 12.5. The van der Waals surface area contributed by atoms with Crippen LogP contribution in [-0.4, -0.2) is 41.2 Å². The Labute approximate surface area is 158 Å². The first-order valence-corrected chi connectivity index (χ1v) is 9.33. The van der Waals surface area contributed by atoms with Crippen molar-refractivity contribution in [1.82, 2.24) is 10.2 Å². The summed E-state index contributed by atoms with van der Waals surface area (Å²) in [5, 5.41) is 2.66. The number of nitrogens with zero attached hydrogens (tertiary/aromatic N) is 1. The van der Waals surface area contributed by atoms with E-state index in [1.165, 1.54) is 6.92 Å². The number of carbonyl (C=O) groups is 4. The third-order valence-electron chi connectivity index (χ3n) is 5.28. The second-order valence-corrected chi connectivity index (χ2v) is 7.09. The Balaban J connectivity index is 1.49. The van der Waals surface area contributed by atoms with Crippen molar-refractivity contribution in [3.63, 3.8) is 0 Å². The van der Waals surface area contributed by atoms with E-state index in [-0.39, 0.29) is 23.7 Å². The quantitative estimate of drug-likeness (QED) is 0.602. The lowest BCUT2D eigenvalue weighted by molar-refractivity contribution is -0.159. The predicted octanol–water partition coefficient (Wildman–Crippen LogP) is 1.41. The van der Waals surface area contributed by atoms with Gasteiger partial charge < -0.3 is 10.1 Å². The fraction of sp³-hybridized carbons (Fsp3) is 0.500. The highest BCUT2D eigenvalue weighted by molar-refractivity contribution is 6.07. The molecular formula is C20H24N2O5. The molecule has 144 valence electrons. The summed E-state index contributed by atoms with van der Waals surface area (Å²) >= 11 is 0. The zero-order chi connectivity index (χ0) is 19.4. The van der Waals surface area contributed by atoms with Crippen LogP contribution in [0.4, 0.5) is 0 Å². The molecule has 7 nitrogen and oxygen atoms in total. The molecule has 0 spiro atoms. The standard InChI is InChI=1S/C20H24N2O5/c1-13(22-18(24)15-9-5-6-10-16(15)19(22)25)20(26)27-12-17(23)21-11-14-7-3-2-4-8-14/h2-4,7-8,13,15-16H,5-6,9-12H2,1H3,(H,21,23)/t13-,15-,16-/m0/s1. The molecule has 3 rings (SSSR count). The summed E-state index contributed by atoms with van der Waals surface area (Å²) in [4.78, 5) is 50.2. The van der Waals surface area contributed by atoms with Gasteiger partial charge >= 0.3 is 5.97 Å². The zero-order valence-electron chi connectivity index (χ0n) is 15.3. The van der Waals surface area contributed by atoms with E-state index < -0.39 is 24.5 Å². The number of likely N-dealkylation sites (tertiary alicyclic amines) is 1. The summed E-state index contributed by atoms with van der Waals surface area (Å²) in [6, 6.07) is 8.34. The van der Waals surface area contributed by atoms with E-state index in [0.29, 0.717) is 19.4 Å². The summed E-state index contributed by atoms with van der Waals surface area (Å²) in [6.45, 7) is 1.36. The summed E-state index contributed by atoms with van der Waals surface area (Å²) in [5.74, 6) is -2.38. The lowest BCUT2D eigenvalue weighted by atomic mass is 9.81. The van der Waals surface area contributed by atoms with E-state index in [0.717, 1.165) is 23.3 Å². The largest absolute Gasteiger partial charge is 0.454 e. The Hall–Kier alpha value is -2.70. The summed E-state index contributed by atoms with van der Waals surface area (Å²) in [7, 11) is 0. The van der Waals surface area contributed by atoms with E-state index in [9.17, 15) is 19.2 Å². The number of esters is 1. The van der Waals surface area contributed by atoms with E-state index in [2.05, 4.69) is 5.32 Å². The molecule has 1 aliphatic heterocycles. The van der Waals surface area contributed by atoms with Crippen LogP contribution >= 0.6 is 0 Å². The van der Waals surface area contributed by atoms with Crippen LogP contribution < -0.4 is 5.32 Å². The average Bonchev–Trinajstić information content (AvgIpc) is 2.95. The van der Waals surface area contributed by atoms with Crippen LogP contribution in [0.2, 0.25) is 0 Å². The highest BCUT2D eigenvalue weighted by atomic mass is 16.5. The molecule has 3 atom stereocenters. The molecule has 1 saturated carbocycles. The summed E-state index contributed by atoms with van der Waals surface area (Å²) in [5.41, 5.74) is 0.932. The molecule has 0 aromatic heterocycles. The van der Waals surface area contributed by atoms with Crippen LogP contribution in [0, 0.1) is 11.8 Å². The van der Waals surface area contributed by atoms with Gasteiger partial charge in [-0.3, -0.25) is 19.3 Å². The number of benzene rings is 1. The molecule has 3 amide bonds. The molecule has 1 N–H and O–H groups in total. The number of hydrogen-bond acceptors (Lipinski definition) is 5. The number of amides is 3. The second-order valence-electron chi connectivity index (χ2n) is 7.09. The van der Waals surface area contributed by atoms with Gasteiger partial charge in [0.1, 0.15) is 6.04 Å². The van der Waals surface area contributed by atoms with Gasteiger partial charge in [0.05, 0.1) is 11.8 Å². The molecular weight excluding hydrogens is 348 g/mol. The number of rotatable bonds is 6. The highest BCUT2D eigenvalue weighted by Gasteiger charge is 2.51. The predicted molar refractivity (Wildman–Crippen MR) is 96.0 cm³/mol. The van der Waals surface area contributed by atoms with Gasteiger partial charge in [-0.25, -0.2) is 4.79 Å². The Morgan fingerprint density at radius 1 is 1.11 bits per heavy atom. The van der Waals surface area contributed by atoms with Crippen molar-refractivity contribution in [3.05, 3.63) is 35.9 Å². The minimum Gasteiger partial charge on any atom is -0.454 e. The van der Waals surface area contributed by atoms with Gasteiger partial charge in [-0.15, -0.1) is 0 Å². The molecule has 1 aliphatic carbocycles. The first-order chi connectivity index (χ1) is 13.0. The van der Waals surface area contributed by atoms with Gasteiger partial charge in [-0.1, -0.05) is 43.2 Å². The minimum atomic E-state index is -1.02. The van der Waals surface area contributed by atoms with Crippen LogP contribution in [0.5, 0.6) is 0 Å². The van der Waals surface area contributed by atoms with Crippen molar-refractivity contribution in [2.45, 2.75) is 45.2 Å². The Morgan fingerprint density at radius 2 is 1.70 bits per heavy atom. The Morgan fingerprint density at radius 3 is 2.30 bits per heavy atom. The molecule has 0 unspecified atom stereocenters. The van der Waals surface area contributed by atoms with Crippen molar-refractivity contribution >= 4 is 23.7 Å². The first-order valence-electron chi connectivity index (χ1n) is 9.33. The minimum absolute atomic E-state index is 0.289. The third kappa shape index (κ3) is 4.18. The average molecular weight is 372 g/mol. The van der Waals surface area contributed by atoms with Gasteiger partial charge in [0.15, 0.2) is 6.61 Å². The van der Waals surface area contributed by atoms with Crippen LogP contribution in [0.25, 0.3) is 0 Å². The van der Waals surface area contributed by atoms with E-state index >= 15 is 0 Å². The molecule has 1 aromatic rings. The lowest BCUT2D eigenvalue weighted by Gasteiger charge is -2.21. The van der Waals surface area contributed by atoms with Gasteiger partial charge in [-0.05, 0) is 25.3 Å². The number of ether oxygens (including phenoxy) is 1. The number of fused-ring (bicyclic) bond motifs is 1. The number of carbonyl (C=O) groups excluding carboxylic acids is 4. The highest BCUT2D eigenvalue weighted by Crippen LogP contribution is 2.38. The van der Waals surface area contributed by atoms with Crippen LogP contribution in [0.15, 0.2) is 30.3 Å². The summed E-state index contributed by atoms with van der Waals surface area (Å²) in [6.07, 6.45) is 3.23. The van der Waals surface area contributed by atoms with E-state index in [1.54, 1.807) is 0 Å². The molecule has 7 heteroatoms. The van der Waals surface area contributed by atoms with Gasteiger partial charge in [0.25, 0.3) is 5.91 Å². The van der Waals surface area contributed by atoms with Gasteiger partial charge in [0.2, 0.25) is 11.8 Å². The normalized spacial score (nSPS) is 22.9. The van der Waals surface area contributed by atoms with E-state index in [1.807, 2.05) is 30.3 Å². The van der Waals surface area contributed by atoms with E-state index in [4.69, 9.17) is 4.74 Å². The number of nitrogens with one attached hydrogen (secondary N) is 1. The first kappa shape index (κ1) is 19.1. The van der Waals surface area contributed by atoms with Crippen molar-refractivity contribution < 1.29 is 23.9 Å². The Bertz CT molecular complexity index is 709. The van der Waals surface area contributed by atoms with Crippen LogP contribution in [0.3, 0.4) is 0 Å². The van der Waals surface area contributed by atoms with Crippen molar-refractivity contribution in [2.24, 2.45) is 11.8 Å². The summed E-state index contributed by atoms with van der Waals surface area (Å²) < 4.78 is 5.02. The number of hydrogen-bond donors (Lipinski definition) is 1. The maximum Gasteiger partial charge on any atom is 0.329 e. The van der Waals surface area contributed by atoms with Crippen molar-refractivity contribution in [2.75, 3.05) is 6.61 Å². The van der Waals surface area contributed by atoms with Gasteiger partial charge in [-0.2, -0.15) is 0 Å². The SMILES string of the molecule is C[C@@H](C(=O)OCC(=O)NCc1ccccc1)N1C(=O)[C@H]2CCCC[C@@H]2C1=O. The second kappa shape index (κ2) is 8.33. The Kier molecular flexibility index (Phi) is 5.88. The van der Waals surface area contributed by atoms with Gasteiger partial charge in [0, 0.05) is 6.54 Å².